The molecule has 1 saturated heterocycles. The number of methoxy groups -OCH3 is 3. The molecule has 12 heteroatoms. The number of nitrogens with one attached hydrogen (secondary N) is 3. The highest BCUT2D eigenvalue weighted by atomic mass is 32.2. The Balaban J connectivity index is 1.57. The zero-order chi connectivity index (χ0) is 32.3. The summed E-state index contributed by atoms with van der Waals surface area (Å²) in [5, 5.41) is 8.76. The van der Waals surface area contributed by atoms with Crippen LogP contribution < -0.4 is 25.4 Å². The molecule has 45 heavy (non-hydrogen) atoms. The van der Waals surface area contributed by atoms with Crippen LogP contribution in [-0.4, -0.2) is 58.4 Å². The van der Waals surface area contributed by atoms with E-state index in [9.17, 15) is 18.0 Å². The molecule has 5 rings (SSSR count). The molecule has 0 aromatic heterocycles. The van der Waals surface area contributed by atoms with Crippen molar-refractivity contribution in [3.05, 3.63) is 76.9 Å². The molecule has 2 amide bonds. The Morgan fingerprint density at radius 3 is 2.36 bits per heavy atom. The SMILES string of the molecule is COC(=O)Nc1ccc(S(=O)(=O)C(C)C)c(C2CCCN2C(=O)[C@H](Nc2ccc3c(c2)CNC3)c2ccc(OC)c(OC)c2)c1. The lowest BCUT2D eigenvalue weighted by Crippen LogP contribution is -2.38. The monoisotopic (exact) mass is 636 g/mol. The Kier molecular flexibility index (Phi) is 9.54. The van der Waals surface area contributed by atoms with Gasteiger partial charge in [-0.05, 0) is 91.4 Å². The van der Waals surface area contributed by atoms with Gasteiger partial charge >= 0.3 is 6.09 Å². The lowest BCUT2D eigenvalue weighted by atomic mass is 10.00. The normalized spacial score (nSPS) is 16.7. The van der Waals surface area contributed by atoms with Gasteiger partial charge in [-0.25, -0.2) is 13.2 Å². The van der Waals surface area contributed by atoms with Crippen molar-refractivity contribution in [3.8, 4) is 11.5 Å². The fraction of sp³-hybridized carbons (Fsp3) is 0.394. The van der Waals surface area contributed by atoms with E-state index in [1.807, 2.05) is 18.2 Å². The van der Waals surface area contributed by atoms with Crippen LogP contribution in [0.5, 0.6) is 11.5 Å². The van der Waals surface area contributed by atoms with Crippen LogP contribution in [0.3, 0.4) is 0 Å². The molecule has 2 atom stereocenters. The quantitative estimate of drug-likeness (QED) is 0.275. The largest absolute Gasteiger partial charge is 0.493 e. The molecular weight excluding hydrogens is 596 g/mol. The third-order valence-corrected chi connectivity index (χ3v) is 10.6. The van der Waals surface area contributed by atoms with Crippen LogP contribution >= 0.6 is 0 Å². The van der Waals surface area contributed by atoms with Crippen LogP contribution in [-0.2, 0) is 32.5 Å². The maximum Gasteiger partial charge on any atom is 0.411 e. The topological polar surface area (TPSA) is 135 Å². The summed E-state index contributed by atoms with van der Waals surface area (Å²) in [7, 11) is 0.629. The second-order valence-electron chi connectivity index (χ2n) is 11.4. The predicted molar refractivity (Wildman–Crippen MR) is 171 cm³/mol. The number of ether oxygens (including phenoxy) is 3. The first-order chi connectivity index (χ1) is 21.6. The number of rotatable bonds is 10. The maximum atomic E-state index is 14.7. The van der Waals surface area contributed by atoms with Gasteiger partial charge in [0.2, 0.25) is 5.91 Å². The number of nitrogens with zero attached hydrogens (tertiary/aromatic N) is 1. The molecule has 0 spiro atoms. The van der Waals surface area contributed by atoms with Gasteiger partial charge in [0.25, 0.3) is 0 Å². The summed E-state index contributed by atoms with van der Waals surface area (Å²) >= 11 is 0. The molecule has 3 N–H and O–H groups in total. The van der Waals surface area contributed by atoms with E-state index in [1.165, 1.54) is 24.8 Å². The van der Waals surface area contributed by atoms with Crippen LogP contribution in [0.4, 0.5) is 16.2 Å². The number of anilines is 2. The Morgan fingerprint density at radius 2 is 1.64 bits per heavy atom. The lowest BCUT2D eigenvalue weighted by molar-refractivity contribution is -0.133. The van der Waals surface area contributed by atoms with Crippen molar-refractivity contribution >= 4 is 33.2 Å². The molecular formula is C33H40N4O7S. The highest BCUT2D eigenvalue weighted by Crippen LogP contribution is 2.41. The highest BCUT2D eigenvalue weighted by molar-refractivity contribution is 7.92. The van der Waals surface area contributed by atoms with E-state index >= 15 is 0 Å². The van der Waals surface area contributed by atoms with Gasteiger partial charge in [0.05, 0.1) is 37.5 Å². The van der Waals surface area contributed by atoms with Crippen molar-refractivity contribution in [2.75, 3.05) is 38.5 Å². The van der Waals surface area contributed by atoms with Gasteiger partial charge < -0.3 is 29.7 Å². The number of benzene rings is 3. The predicted octanol–water partition coefficient (Wildman–Crippen LogP) is 5.18. The summed E-state index contributed by atoms with van der Waals surface area (Å²) in [5.41, 5.74) is 4.66. The Bertz CT molecular complexity index is 1690. The summed E-state index contributed by atoms with van der Waals surface area (Å²) in [4.78, 5) is 28.6. The van der Waals surface area contributed by atoms with E-state index in [-0.39, 0.29) is 10.8 Å². The van der Waals surface area contributed by atoms with Crippen LogP contribution in [0.25, 0.3) is 0 Å². The first kappa shape index (κ1) is 32.1. The van der Waals surface area contributed by atoms with Gasteiger partial charge in [-0.3, -0.25) is 10.1 Å². The molecule has 1 fully saturated rings. The van der Waals surface area contributed by atoms with Gasteiger partial charge in [0.15, 0.2) is 21.3 Å². The maximum absolute atomic E-state index is 14.7. The molecule has 0 bridgehead atoms. The van der Waals surface area contributed by atoms with E-state index in [1.54, 1.807) is 51.2 Å². The first-order valence-corrected chi connectivity index (χ1v) is 16.5. The van der Waals surface area contributed by atoms with Crippen LogP contribution in [0.1, 0.15) is 61.0 Å². The molecule has 3 aromatic carbocycles. The van der Waals surface area contributed by atoms with Crippen LogP contribution in [0.15, 0.2) is 59.5 Å². The number of hydrogen-bond acceptors (Lipinski definition) is 9. The second-order valence-corrected chi connectivity index (χ2v) is 13.9. The minimum Gasteiger partial charge on any atom is -0.493 e. The summed E-state index contributed by atoms with van der Waals surface area (Å²) in [6, 6.07) is 14.7. The number of fused-ring (bicyclic) bond motifs is 1. The molecule has 1 unspecified atom stereocenters. The number of carbonyl (C=O) groups excluding carboxylic acids is 2. The molecule has 0 aliphatic carbocycles. The van der Waals surface area contributed by atoms with E-state index in [4.69, 9.17) is 14.2 Å². The molecule has 2 aliphatic rings. The Hall–Kier alpha value is -4.29. The fourth-order valence-corrected chi connectivity index (χ4v) is 7.25. The molecule has 0 radical (unpaired) electrons. The van der Waals surface area contributed by atoms with Crippen molar-refractivity contribution in [3.63, 3.8) is 0 Å². The van der Waals surface area contributed by atoms with Crippen molar-refractivity contribution in [2.45, 2.75) is 62.0 Å². The minimum absolute atomic E-state index is 0.138. The summed E-state index contributed by atoms with van der Waals surface area (Å²) < 4.78 is 42.8. The van der Waals surface area contributed by atoms with E-state index in [2.05, 4.69) is 22.0 Å². The van der Waals surface area contributed by atoms with E-state index < -0.39 is 33.3 Å². The number of likely N-dealkylation sites (tertiary alicyclic amines) is 1. The number of carbonyl (C=O) groups is 2. The second kappa shape index (κ2) is 13.4. The summed E-state index contributed by atoms with van der Waals surface area (Å²) in [5.74, 6) is 0.800. The van der Waals surface area contributed by atoms with Gasteiger partial charge in [0, 0.05) is 31.0 Å². The third-order valence-electron chi connectivity index (χ3n) is 8.40. The third kappa shape index (κ3) is 6.57. The first-order valence-electron chi connectivity index (χ1n) is 14.9. The average molecular weight is 637 g/mol. The smallest absolute Gasteiger partial charge is 0.411 e. The zero-order valence-electron chi connectivity index (χ0n) is 26.2. The average Bonchev–Trinajstić information content (AvgIpc) is 3.72. The Morgan fingerprint density at radius 1 is 0.911 bits per heavy atom. The number of sulfone groups is 1. The number of amides is 2. The molecule has 2 heterocycles. The zero-order valence-corrected chi connectivity index (χ0v) is 27.0. The highest BCUT2D eigenvalue weighted by Gasteiger charge is 2.38. The standard InChI is InChI=1S/C33H40N4O7S/c1-20(2)45(40,41)30-13-11-25(36-33(39)44-5)17-26(30)27-7-6-14-37(27)32(38)31(21-9-12-28(42-3)29(16-21)43-4)35-24-10-8-22-18-34-19-23(22)15-24/h8-13,15-17,20,27,31,34-35H,6-7,14,18-19H2,1-5H3,(H,36,39)/t27?,31-/m1/s1. The molecule has 0 saturated carbocycles. The van der Waals surface area contributed by atoms with Crippen LogP contribution in [0, 0.1) is 0 Å². The molecule has 11 nitrogen and oxygen atoms in total. The van der Waals surface area contributed by atoms with Crippen molar-refractivity contribution in [1.29, 1.82) is 0 Å². The van der Waals surface area contributed by atoms with Crippen molar-refractivity contribution in [1.82, 2.24) is 10.2 Å². The Labute approximate surface area is 264 Å². The van der Waals surface area contributed by atoms with E-state index in [0.717, 1.165) is 24.3 Å². The van der Waals surface area contributed by atoms with Crippen LogP contribution in [0.2, 0.25) is 0 Å². The fourth-order valence-electron chi connectivity index (χ4n) is 5.96. The summed E-state index contributed by atoms with van der Waals surface area (Å²) in [6.07, 6.45) is 0.550. The van der Waals surface area contributed by atoms with Gasteiger partial charge in [-0.2, -0.15) is 0 Å². The summed E-state index contributed by atoms with van der Waals surface area (Å²) in [6.45, 7) is 5.23. The molecule has 3 aromatic rings. The molecule has 2 aliphatic heterocycles. The lowest BCUT2D eigenvalue weighted by Gasteiger charge is -2.32. The van der Waals surface area contributed by atoms with Gasteiger partial charge in [0.1, 0.15) is 6.04 Å². The van der Waals surface area contributed by atoms with Crippen molar-refractivity contribution in [2.24, 2.45) is 0 Å². The number of hydrogen-bond donors (Lipinski definition) is 3. The van der Waals surface area contributed by atoms with Crippen molar-refractivity contribution < 1.29 is 32.2 Å². The van der Waals surface area contributed by atoms with E-state index in [0.29, 0.717) is 47.7 Å². The molecule has 240 valence electrons. The van der Waals surface area contributed by atoms with Gasteiger partial charge in [-0.15, -0.1) is 0 Å². The van der Waals surface area contributed by atoms with Gasteiger partial charge in [-0.1, -0.05) is 12.1 Å². The minimum atomic E-state index is -3.72.